The minimum atomic E-state index is -4.08. The number of aryl methyl sites for hydroxylation is 2. The predicted octanol–water partition coefficient (Wildman–Crippen LogP) is 2.15. The highest BCUT2D eigenvalue weighted by molar-refractivity contribution is 7.90. The minimum absolute atomic E-state index is 0.0575. The number of carbonyl (C=O) groups excluding carboxylic acids is 1. The SMILES string of the molecule is COc1ccc(S(=O)(=O)n2ccn(CC(=O)Nc3ccc(C)cc3C)c2=O)cc1. The van der Waals surface area contributed by atoms with Crippen molar-refractivity contribution >= 4 is 21.6 Å². The Balaban J connectivity index is 1.81. The zero-order valence-corrected chi connectivity index (χ0v) is 17.1. The van der Waals surface area contributed by atoms with Crippen molar-refractivity contribution in [2.45, 2.75) is 25.3 Å². The van der Waals surface area contributed by atoms with Crippen LogP contribution in [-0.2, 0) is 21.4 Å². The molecule has 1 N–H and O–H groups in total. The van der Waals surface area contributed by atoms with Crippen LogP contribution in [0.4, 0.5) is 5.69 Å². The van der Waals surface area contributed by atoms with E-state index in [9.17, 15) is 18.0 Å². The highest BCUT2D eigenvalue weighted by Crippen LogP contribution is 2.18. The molecule has 0 saturated carbocycles. The van der Waals surface area contributed by atoms with Gasteiger partial charge >= 0.3 is 5.69 Å². The first kappa shape index (κ1) is 20.4. The van der Waals surface area contributed by atoms with Crippen molar-refractivity contribution in [3.8, 4) is 5.75 Å². The summed E-state index contributed by atoms with van der Waals surface area (Å²) < 4.78 is 32.1. The largest absolute Gasteiger partial charge is 0.497 e. The summed E-state index contributed by atoms with van der Waals surface area (Å²) in [5, 5.41) is 2.73. The van der Waals surface area contributed by atoms with Gasteiger partial charge in [-0.25, -0.2) is 13.2 Å². The molecule has 1 aromatic heterocycles. The Morgan fingerprint density at radius 3 is 2.38 bits per heavy atom. The lowest BCUT2D eigenvalue weighted by Crippen LogP contribution is -2.32. The number of aromatic nitrogens is 2. The molecule has 2 aromatic carbocycles. The molecule has 8 nitrogen and oxygen atoms in total. The van der Waals surface area contributed by atoms with Crippen molar-refractivity contribution in [1.29, 1.82) is 0 Å². The summed E-state index contributed by atoms with van der Waals surface area (Å²) >= 11 is 0. The van der Waals surface area contributed by atoms with E-state index in [1.807, 2.05) is 26.0 Å². The first-order valence-corrected chi connectivity index (χ1v) is 10.2. The number of amides is 1. The fourth-order valence-corrected chi connectivity index (χ4v) is 4.09. The molecule has 3 aromatic rings. The Morgan fingerprint density at radius 2 is 1.76 bits per heavy atom. The van der Waals surface area contributed by atoms with E-state index in [0.29, 0.717) is 15.4 Å². The summed E-state index contributed by atoms with van der Waals surface area (Å²) in [6.07, 6.45) is 2.40. The van der Waals surface area contributed by atoms with Crippen molar-refractivity contribution < 1.29 is 17.9 Å². The average molecular weight is 415 g/mol. The van der Waals surface area contributed by atoms with Gasteiger partial charge in [0.15, 0.2) is 0 Å². The van der Waals surface area contributed by atoms with E-state index in [4.69, 9.17) is 4.74 Å². The zero-order valence-electron chi connectivity index (χ0n) is 16.2. The van der Waals surface area contributed by atoms with Crippen molar-refractivity contribution in [2.75, 3.05) is 12.4 Å². The molecule has 3 rings (SSSR count). The van der Waals surface area contributed by atoms with Gasteiger partial charge in [0, 0.05) is 18.1 Å². The van der Waals surface area contributed by atoms with Crippen molar-refractivity contribution in [3.05, 3.63) is 76.5 Å². The summed E-state index contributed by atoms with van der Waals surface area (Å²) in [5.41, 5.74) is 1.78. The first-order chi connectivity index (χ1) is 13.7. The molecule has 152 valence electrons. The van der Waals surface area contributed by atoms with Crippen molar-refractivity contribution in [1.82, 2.24) is 8.54 Å². The summed E-state index contributed by atoms with van der Waals surface area (Å²) in [6.45, 7) is 3.51. The molecule has 0 aliphatic heterocycles. The van der Waals surface area contributed by atoms with Crippen LogP contribution in [0.5, 0.6) is 5.75 Å². The van der Waals surface area contributed by atoms with E-state index in [2.05, 4.69) is 5.32 Å². The third-order valence-corrected chi connectivity index (χ3v) is 6.07. The first-order valence-electron chi connectivity index (χ1n) is 8.77. The Morgan fingerprint density at radius 1 is 1.07 bits per heavy atom. The second-order valence-corrected chi connectivity index (χ2v) is 8.37. The molecule has 0 aliphatic rings. The highest BCUT2D eigenvalue weighted by Gasteiger charge is 2.21. The number of nitrogens with one attached hydrogen (secondary N) is 1. The number of imidazole rings is 1. The van der Waals surface area contributed by atoms with Crippen LogP contribution in [0.15, 0.2) is 64.5 Å². The lowest BCUT2D eigenvalue weighted by Gasteiger charge is -2.09. The van der Waals surface area contributed by atoms with Gasteiger partial charge in [-0.1, -0.05) is 17.7 Å². The summed E-state index contributed by atoms with van der Waals surface area (Å²) in [6, 6.07) is 11.3. The standard InChI is InChI=1S/C20H21N3O5S/c1-14-4-9-18(15(2)12-14)21-19(24)13-22-10-11-23(20(22)25)29(26,27)17-7-5-16(28-3)6-8-17/h4-12H,13H2,1-3H3,(H,21,24). The number of hydrogen-bond donors (Lipinski definition) is 1. The minimum Gasteiger partial charge on any atom is -0.497 e. The Kier molecular flexibility index (Phi) is 5.60. The van der Waals surface area contributed by atoms with Gasteiger partial charge in [0.05, 0.1) is 12.0 Å². The van der Waals surface area contributed by atoms with E-state index < -0.39 is 21.6 Å². The molecule has 1 heterocycles. The lowest BCUT2D eigenvalue weighted by molar-refractivity contribution is -0.116. The maximum Gasteiger partial charge on any atom is 0.342 e. The van der Waals surface area contributed by atoms with Crippen LogP contribution in [0.3, 0.4) is 0 Å². The summed E-state index contributed by atoms with van der Waals surface area (Å²) in [4.78, 5) is 24.8. The van der Waals surface area contributed by atoms with Gasteiger partial charge in [-0.05, 0) is 49.7 Å². The van der Waals surface area contributed by atoms with Crippen LogP contribution in [0.1, 0.15) is 11.1 Å². The molecule has 0 spiro atoms. The van der Waals surface area contributed by atoms with Crippen LogP contribution < -0.4 is 15.7 Å². The van der Waals surface area contributed by atoms with Crippen LogP contribution in [0.2, 0.25) is 0 Å². The zero-order chi connectivity index (χ0) is 21.2. The van der Waals surface area contributed by atoms with E-state index in [1.54, 1.807) is 6.07 Å². The van der Waals surface area contributed by atoms with Crippen molar-refractivity contribution in [3.63, 3.8) is 0 Å². The van der Waals surface area contributed by atoms with Crippen LogP contribution in [0, 0.1) is 13.8 Å². The molecular weight excluding hydrogens is 394 g/mol. The van der Waals surface area contributed by atoms with E-state index in [-0.39, 0.29) is 11.4 Å². The normalized spacial score (nSPS) is 11.3. The number of hydrogen-bond acceptors (Lipinski definition) is 5. The van der Waals surface area contributed by atoms with Gasteiger partial charge in [-0.2, -0.15) is 3.97 Å². The van der Waals surface area contributed by atoms with Crippen LogP contribution in [0.25, 0.3) is 0 Å². The molecule has 29 heavy (non-hydrogen) atoms. The maximum atomic E-state index is 12.7. The number of rotatable bonds is 6. The molecule has 0 radical (unpaired) electrons. The molecule has 0 fully saturated rings. The second kappa shape index (κ2) is 7.96. The van der Waals surface area contributed by atoms with Gasteiger partial charge in [-0.15, -0.1) is 0 Å². The van der Waals surface area contributed by atoms with E-state index >= 15 is 0 Å². The third kappa shape index (κ3) is 4.24. The molecule has 9 heteroatoms. The number of anilines is 1. The lowest BCUT2D eigenvalue weighted by atomic mass is 10.1. The van der Waals surface area contributed by atoms with Gasteiger partial charge in [0.2, 0.25) is 5.91 Å². The van der Waals surface area contributed by atoms with Gasteiger partial charge in [-0.3, -0.25) is 9.36 Å². The van der Waals surface area contributed by atoms with Crippen molar-refractivity contribution in [2.24, 2.45) is 0 Å². The maximum absolute atomic E-state index is 12.7. The smallest absolute Gasteiger partial charge is 0.342 e. The Hall–Kier alpha value is -3.33. The van der Waals surface area contributed by atoms with Gasteiger partial charge in [0.1, 0.15) is 12.3 Å². The average Bonchev–Trinajstić information content (AvgIpc) is 3.05. The molecule has 1 amide bonds. The monoisotopic (exact) mass is 415 g/mol. The number of benzene rings is 2. The van der Waals surface area contributed by atoms with E-state index in [0.717, 1.165) is 21.9 Å². The van der Waals surface area contributed by atoms with Gasteiger partial charge in [0.25, 0.3) is 10.0 Å². The fraction of sp³-hybridized carbons (Fsp3) is 0.200. The number of nitrogens with zero attached hydrogens (tertiary/aromatic N) is 2. The highest BCUT2D eigenvalue weighted by atomic mass is 32.2. The third-order valence-electron chi connectivity index (χ3n) is 4.40. The van der Waals surface area contributed by atoms with Gasteiger partial charge < -0.3 is 10.1 Å². The quantitative estimate of drug-likeness (QED) is 0.665. The molecule has 0 aliphatic carbocycles. The number of ether oxygens (including phenoxy) is 1. The second-order valence-electron chi connectivity index (χ2n) is 6.55. The topological polar surface area (TPSA) is 99.4 Å². The predicted molar refractivity (Wildman–Crippen MR) is 109 cm³/mol. The molecule has 0 unspecified atom stereocenters. The summed E-state index contributed by atoms with van der Waals surface area (Å²) in [7, 11) is -2.61. The van der Waals surface area contributed by atoms with Crippen LogP contribution >= 0.6 is 0 Å². The fourth-order valence-electron chi connectivity index (χ4n) is 2.86. The van der Waals surface area contributed by atoms with E-state index in [1.165, 1.54) is 37.6 Å². The molecule has 0 bridgehead atoms. The van der Waals surface area contributed by atoms with Crippen LogP contribution in [-0.4, -0.2) is 30.0 Å². The molecule has 0 saturated heterocycles. The molecular formula is C20H21N3O5S. The Labute approximate surface area is 168 Å². The number of carbonyl (C=O) groups is 1. The summed E-state index contributed by atoms with van der Waals surface area (Å²) in [5.74, 6) is 0.0654. The Bertz CT molecular complexity index is 1210. The number of methoxy groups -OCH3 is 1. The molecule has 0 atom stereocenters.